The first-order valence-electron chi connectivity index (χ1n) is 8.76. The van der Waals surface area contributed by atoms with E-state index in [0.717, 1.165) is 35.6 Å². The van der Waals surface area contributed by atoms with Crippen LogP contribution in [0.3, 0.4) is 0 Å². The van der Waals surface area contributed by atoms with E-state index in [1.165, 1.54) is 5.56 Å². The Labute approximate surface area is 166 Å². The Morgan fingerprint density at radius 3 is 2.63 bits per heavy atom. The van der Waals surface area contributed by atoms with Gasteiger partial charge in [-0.3, -0.25) is 4.90 Å². The molecule has 0 aliphatic carbocycles. The van der Waals surface area contributed by atoms with Crippen molar-refractivity contribution in [1.29, 1.82) is 0 Å². The van der Waals surface area contributed by atoms with Crippen molar-refractivity contribution >= 4 is 15.9 Å². The highest BCUT2D eigenvalue weighted by Crippen LogP contribution is 2.47. The molecule has 0 amide bonds. The van der Waals surface area contributed by atoms with Gasteiger partial charge >= 0.3 is 0 Å². The van der Waals surface area contributed by atoms with Crippen molar-refractivity contribution in [2.24, 2.45) is 0 Å². The number of hydrogen-bond acceptors (Lipinski definition) is 6. The monoisotopic (exact) mass is 435 g/mol. The summed E-state index contributed by atoms with van der Waals surface area (Å²) in [5.41, 5.74) is 2.98. The van der Waals surface area contributed by atoms with Gasteiger partial charge in [-0.15, -0.1) is 0 Å². The van der Waals surface area contributed by atoms with Crippen LogP contribution in [0.2, 0.25) is 0 Å². The minimum atomic E-state index is -0.761. The zero-order valence-corrected chi connectivity index (χ0v) is 17.1. The Kier molecular flexibility index (Phi) is 4.92. The first-order valence-corrected chi connectivity index (χ1v) is 9.55. The van der Waals surface area contributed by atoms with E-state index < -0.39 is 6.10 Å². The summed E-state index contributed by atoms with van der Waals surface area (Å²) in [5.74, 6) is 2.69. The van der Waals surface area contributed by atoms with Gasteiger partial charge in [0.1, 0.15) is 0 Å². The predicted octanol–water partition coefficient (Wildman–Crippen LogP) is 3.46. The Balaban J connectivity index is 1.78. The highest BCUT2D eigenvalue weighted by Gasteiger charge is 2.35. The third-order valence-corrected chi connectivity index (χ3v) is 6.11. The maximum Gasteiger partial charge on any atom is 0.231 e. The third-order valence-electron chi connectivity index (χ3n) is 5.29. The SMILES string of the molecule is COc1ccc([C@H](O)[C@H]2c3cc4c(cc3CCN2C)OCO4)c(Br)c1OC. The average Bonchev–Trinajstić information content (AvgIpc) is 3.12. The summed E-state index contributed by atoms with van der Waals surface area (Å²) in [6.07, 6.45) is 0.141. The van der Waals surface area contributed by atoms with Crippen LogP contribution < -0.4 is 18.9 Å². The van der Waals surface area contributed by atoms with Crippen LogP contribution >= 0.6 is 15.9 Å². The normalized spacial score (nSPS) is 19.5. The van der Waals surface area contributed by atoms with Crippen LogP contribution in [-0.2, 0) is 6.42 Å². The molecule has 0 radical (unpaired) electrons. The topological polar surface area (TPSA) is 60.4 Å². The van der Waals surface area contributed by atoms with Gasteiger partial charge in [-0.1, -0.05) is 6.07 Å². The van der Waals surface area contributed by atoms with Gasteiger partial charge < -0.3 is 24.1 Å². The molecule has 0 saturated carbocycles. The minimum absolute atomic E-state index is 0.211. The largest absolute Gasteiger partial charge is 0.493 e. The number of rotatable bonds is 4. The number of ether oxygens (including phenoxy) is 4. The summed E-state index contributed by atoms with van der Waals surface area (Å²) in [5, 5.41) is 11.3. The summed E-state index contributed by atoms with van der Waals surface area (Å²) in [6.45, 7) is 1.09. The number of halogens is 1. The third kappa shape index (κ3) is 3.03. The number of fused-ring (bicyclic) bond motifs is 2. The molecule has 0 fully saturated rings. The molecule has 0 unspecified atom stereocenters. The average molecular weight is 436 g/mol. The van der Waals surface area contributed by atoms with Gasteiger partial charge in [-0.05, 0) is 58.7 Å². The Bertz CT molecular complexity index is 872. The molecule has 1 N–H and O–H groups in total. The lowest BCUT2D eigenvalue weighted by molar-refractivity contribution is 0.0552. The molecule has 2 aromatic rings. The van der Waals surface area contributed by atoms with Crippen LogP contribution in [0, 0.1) is 0 Å². The summed E-state index contributed by atoms with van der Waals surface area (Å²) < 4.78 is 22.6. The Hall–Kier alpha value is -1.96. The fraction of sp³-hybridized carbons (Fsp3) is 0.400. The highest BCUT2D eigenvalue weighted by atomic mass is 79.9. The van der Waals surface area contributed by atoms with E-state index in [9.17, 15) is 5.11 Å². The number of likely N-dealkylation sites (N-methyl/N-ethyl adjacent to an activating group) is 1. The molecule has 2 aliphatic heterocycles. The lowest BCUT2D eigenvalue weighted by Gasteiger charge is -2.38. The maximum atomic E-state index is 11.3. The van der Waals surface area contributed by atoms with Gasteiger partial charge in [0.15, 0.2) is 23.0 Å². The number of benzene rings is 2. The van der Waals surface area contributed by atoms with Gasteiger partial charge in [0.25, 0.3) is 0 Å². The molecule has 2 heterocycles. The van der Waals surface area contributed by atoms with E-state index in [1.54, 1.807) is 14.2 Å². The van der Waals surface area contributed by atoms with E-state index >= 15 is 0 Å². The second-order valence-corrected chi connectivity index (χ2v) is 7.52. The van der Waals surface area contributed by atoms with Crippen molar-refractivity contribution in [2.75, 3.05) is 34.6 Å². The van der Waals surface area contributed by atoms with Crippen molar-refractivity contribution in [3.63, 3.8) is 0 Å². The Morgan fingerprint density at radius 2 is 1.93 bits per heavy atom. The van der Waals surface area contributed by atoms with E-state index in [4.69, 9.17) is 18.9 Å². The van der Waals surface area contributed by atoms with Crippen molar-refractivity contribution in [3.05, 3.63) is 45.4 Å². The quantitative estimate of drug-likeness (QED) is 0.793. The van der Waals surface area contributed by atoms with Crippen molar-refractivity contribution < 1.29 is 24.1 Å². The number of nitrogens with zero attached hydrogens (tertiary/aromatic N) is 1. The van der Waals surface area contributed by atoms with Crippen LogP contribution in [0.4, 0.5) is 0 Å². The van der Waals surface area contributed by atoms with Gasteiger partial charge in [0.2, 0.25) is 6.79 Å². The summed E-state index contributed by atoms with van der Waals surface area (Å²) >= 11 is 3.58. The maximum absolute atomic E-state index is 11.3. The summed E-state index contributed by atoms with van der Waals surface area (Å²) in [6, 6.07) is 7.50. The number of methoxy groups -OCH3 is 2. The van der Waals surface area contributed by atoms with E-state index in [-0.39, 0.29) is 12.8 Å². The number of hydrogen-bond donors (Lipinski definition) is 1. The minimum Gasteiger partial charge on any atom is -0.493 e. The molecular weight excluding hydrogens is 414 g/mol. The molecule has 27 heavy (non-hydrogen) atoms. The fourth-order valence-corrected chi connectivity index (χ4v) is 4.60. The second-order valence-electron chi connectivity index (χ2n) is 6.73. The van der Waals surface area contributed by atoms with Crippen molar-refractivity contribution in [3.8, 4) is 23.0 Å². The first-order chi connectivity index (χ1) is 13.0. The van der Waals surface area contributed by atoms with Gasteiger partial charge in [0, 0.05) is 12.1 Å². The van der Waals surface area contributed by atoms with Crippen LogP contribution in [-0.4, -0.2) is 44.6 Å². The highest BCUT2D eigenvalue weighted by molar-refractivity contribution is 9.10. The van der Waals surface area contributed by atoms with Crippen molar-refractivity contribution in [2.45, 2.75) is 18.6 Å². The molecule has 6 nitrogen and oxygen atoms in total. The number of aliphatic hydroxyl groups is 1. The zero-order valence-electron chi connectivity index (χ0n) is 15.5. The van der Waals surface area contributed by atoms with Crippen LogP contribution in [0.1, 0.15) is 28.8 Å². The zero-order chi connectivity index (χ0) is 19.1. The lowest BCUT2D eigenvalue weighted by atomic mass is 9.86. The van der Waals surface area contributed by atoms with Crippen LogP contribution in [0.5, 0.6) is 23.0 Å². The van der Waals surface area contributed by atoms with Gasteiger partial charge in [0.05, 0.1) is 30.8 Å². The molecule has 0 bridgehead atoms. The second kappa shape index (κ2) is 7.22. The lowest BCUT2D eigenvalue weighted by Crippen LogP contribution is -2.36. The number of aliphatic hydroxyl groups excluding tert-OH is 1. The van der Waals surface area contributed by atoms with E-state index in [1.807, 2.05) is 31.3 Å². The first kappa shape index (κ1) is 18.4. The summed E-state index contributed by atoms with van der Waals surface area (Å²) in [7, 11) is 5.20. The van der Waals surface area contributed by atoms with Crippen LogP contribution in [0.15, 0.2) is 28.7 Å². The van der Waals surface area contributed by atoms with Crippen molar-refractivity contribution in [1.82, 2.24) is 4.90 Å². The van der Waals surface area contributed by atoms with Crippen LogP contribution in [0.25, 0.3) is 0 Å². The molecule has 4 rings (SSSR count). The van der Waals surface area contributed by atoms with E-state index in [2.05, 4.69) is 20.8 Å². The summed E-state index contributed by atoms with van der Waals surface area (Å²) in [4.78, 5) is 2.17. The molecule has 2 aliphatic rings. The molecule has 0 spiro atoms. The molecule has 0 saturated heterocycles. The molecule has 0 aromatic heterocycles. The smallest absolute Gasteiger partial charge is 0.231 e. The van der Waals surface area contributed by atoms with E-state index in [0.29, 0.717) is 16.0 Å². The van der Waals surface area contributed by atoms with Gasteiger partial charge in [-0.25, -0.2) is 0 Å². The standard InChI is InChI=1S/C20H22BrNO5/c1-22-7-6-11-8-15-16(27-10-26-15)9-13(11)18(22)19(23)12-4-5-14(24-2)20(25-3)17(12)21/h4-5,8-9,18-19,23H,6-7,10H2,1-3H3/t18-,19+/m1/s1. The molecule has 144 valence electrons. The molecule has 2 aromatic carbocycles. The Morgan fingerprint density at radius 1 is 1.19 bits per heavy atom. The molecule has 7 heteroatoms. The van der Waals surface area contributed by atoms with Gasteiger partial charge in [-0.2, -0.15) is 0 Å². The predicted molar refractivity (Wildman–Crippen MR) is 104 cm³/mol. The molecule has 2 atom stereocenters. The fourth-order valence-electron chi connectivity index (χ4n) is 3.88. The molecular formula is C20H22BrNO5.